The van der Waals surface area contributed by atoms with Crippen LogP contribution in [0.1, 0.15) is 48.0 Å². The molecule has 0 radical (unpaired) electrons. The second kappa shape index (κ2) is 9.47. The number of nitrogens with one attached hydrogen (secondary N) is 1. The molecule has 1 amide bonds. The summed E-state index contributed by atoms with van der Waals surface area (Å²) in [5.74, 6) is 2.17. The molecule has 5 nitrogen and oxygen atoms in total. The molecule has 3 N–H and O–H groups in total. The fraction of sp³-hybridized carbons (Fsp3) is 0.571. The van der Waals surface area contributed by atoms with E-state index in [1.165, 1.54) is 6.42 Å². The van der Waals surface area contributed by atoms with Gasteiger partial charge in [-0.15, -0.1) is 19.0 Å². The predicted octanol–water partition coefficient (Wildman–Crippen LogP) is 3.49. The number of halogens is 1. The highest BCUT2D eigenvalue weighted by molar-refractivity contribution is 5.95. The van der Waals surface area contributed by atoms with Crippen molar-refractivity contribution in [3.8, 4) is 11.5 Å². The molecule has 2 atom stereocenters. The summed E-state index contributed by atoms with van der Waals surface area (Å²) in [6, 6.07) is 4.14. The van der Waals surface area contributed by atoms with Crippen LogP contribution in [0.2, 0.25) is 0 Å². The number of methoxy groups -OCH3 is 2. The minimum atomic E-state index is -0.0476. The van der Waals surface area contributed by atoms with Gasteiger partial charge in [0.25, 0.3) is 5.91 Å². The van der Waals surface area contributed by atoms with E-state index < -0.39 is 0 Å². The quantitative estimate of drug-likeness (QED) is 0.724. The fourth-order valence-electron chi connectivity index (χ4n) is 4.74. The van der Waals surface area contributed by atoms with E-state index in [-0.39, 0.29) is 30.4 Å². The standard InChI is InChI=1S/C21H30N2O3.ClH/c1-4-6-15-9-16(12-18(25-2)20(15)26-3)21(24)23-19-13-7-5-8-14(19)11-17(22)10-13;/h4,9,12-14,17,19H,1,5-8,10-11,22H2,2-3H3,(H,23,24);1H. The molecule has 0 spiro atoms. The third-order valence-electron chi connectivity index (χ3n) is 5.86. The van der Waals surface area contributed by atoms with Crippen LogP contribution in [0, 0.1) is 11.8 Å². The summed E-state index contributed by atoms with van der Waals surface area (Å²) in [6.45, 7) is 3.79. The molecule has 2 fully saturated rings. The van der Waals surface area contributed by atoms with Crippen molar-refractivity contribution in [2.75, 3.05) is 14.2 Å². The largest absolute Gasteiger partial charge is 0.493 e. The van der Waals surface area contributed by atoms with Crippen LogP contribution in [0.25, 0.3) is 0 Å². The summed E-state index contributed by atoms with van der Waals surface area (Å²) >= 11 is 0. The molecule has 6 heteroatoms. The zero-order valence-electron chi connectivity index (χ0n) is 16.2. The van der Waals surface area contributed by atoms with Crippen molar-refractivity contribution < 1.29 is 14.3 Å². The smallest absolute Gasteiger partial charge is 0.251 e. The zero-order chi connectivity index (χ0) is 18.7. The second-order valence-corrected chi connectivity index (χ2v) is 7.55. The van der Waals surface area contributed by atoms with E-state index in [0.29, 0.717) is 35.3 Å². The van der Waals surface area contributed by atoms with Crippen molar-refractivity contribution >= 4 is 18.3 Å². The lowest BCUT2D eigenvalue weighted by molar-refractivity contribution is 0.0755. The number of hydrogen-bond donors (Lipinski definition) is 2. The zero-order valence-corrected chi connectivity index (χ0v) is 17.0. The Labute approximate surface area is 168 Å². The van der Waals surface area contributed by atoms with Gasteiger partial charge in [-0.25, -0.2) is 0 Å². The molecule has 1 aromatic rings. The molecule has 27 heavy (non-hydrogen) atoms. The van der Waals surface area contributed by atoms with Crippen LogP contribution in [0.4, 0.5) is 0 Å². The van der Waals surface area contributed by atoms with E-state index >= 15 is 0 Å². The topological polar surface area (TPSA) is 73.6 Å². The summed E-state index contributed by atoms with van der Waals surface area (Å²) in [4.78, 5) is 13.0. The maximum absolute atomic E-state index is 13.0. The highest BCUT2D eigenvalue weighted by atomic mass is 35.5. The number of allylic oxidation sites excluding steroid dienone is 1. The number of carbonyl (C=O) groups is 1. The number of hydrogen-bond acceptors (Lipinski definition) is 4. The van der Waals surface area contributed by atoms with Gasteiger partial charge in [-0.05, 0) is 56.1 Å². The molecule has 2 aliphatic rings. The lowest BCUT2D eigenvalue weighted by atomic mass is 9.67. The van der Waals surface area contributed by atoms with Crippen molar-refractivity contribution in [2.24, 2.45) is 17.6 Å². The number of nitrogens with two attached hydrogens (primary N) is 1. The van der Waals surface area contributed by atoms with E-state index in [4.69, 9.17) is 15.2 Å². The van der Waals surface area contributed by atoms with Crippen LogP contribution in [0.3, 0.4) is 0 Å². The van der Waals surface area contributed by atoms with Crippen molar-refractivity contribution in [2.45, 2.75) is 50.6 Å². The van der Waals surface area contributed by atoms with Crippen molar-refractivity contribution in [3.05, 3.63) is 35.9 Å². The van der Waals surface area contributed by atoms with E-state index in [0.717, 1.165) is 31.2 Å². The minimum Gasteiger partial charge on any atom is -0.493 e. The SMILES string of the molecule is C=CCc1cc(C(=O)NC2C3CCCC2CC(N)C3)cc(OC)c1OC.Cl. The number of ether oxygens (including phenoxy) is 2. The Bertz CT molecular complexity index is 666. The molecule has 1 aromatic carbocycles. The second-order valence-electron chi connectivity index (χ2n) is 7.55. The molecule has 150 valence electrons. The third kappa shape index (κ3) is 4.58. The number of benzene rings is 1. The number of amides is 1. The molecule has 0 aromatic heterocycles. The third-order valence-corrected chi connectivity index (χ3v) is 5.86. The molecule has 3 rings (SSSR count). The van der Waals surface area contributed by atoms with Crippen LogP contribution >= 0.6 is 12.4 Å². The Kier molecular flexibility index (Phi) is 7.57. The fourth-order valence-corrected chi connectivity index (χ4v) is 4.74. The van der Waals surface area contributed by atoms with Gasteiger partial charge >= 0.3 is 0 Å². The maximum atomic E-state index is 13.0. The van der Waals surface area contributed by atoms with Gasteiger partial charge in [0.2, 0.25) is 0 Å². The normalized spacial score (nSPS) is 26.5. The molecule has 2 bridgehead atoms. The van der Waals surface area contributed by atoms with Crippen molar-refractivity contribution in [1.82, 2.24) is 5.32 Å². The van der Waals surface area contributed by atoms with Crippen LogP contribution in [0.5, 0.6) is 11.5 Å². The van der Waals surface area contributed by atoms with Gasteiger partial charge in [0.15, 0.2) is 11.5 Å². The molecule has 2 unspecified atom stereocenters. The van der Waals surface area contributed by atoms with Gasteiger partial charge in [0.1, 0.15) is 0 Å². The predicted molar refractivity (Wildman–Crippen MR) is 110 cm³/mol. The summed E-state index contributed by atoms with van der Waals surface area (Å²) in [5.41, 5.74) is 7.70. The van der Waals surface area contributed by atoms with Gasteiger partial charge < -0.3 is 20.5 Å². The van der Waals surface area contributed by atoms with Crippen LogP contribution in [-0.4, -0.2) is 32.2 Å². The maximum Gasteiger partial charge on any atom is 0.251 e. The molecule has 2 aliphatic carbocycles. The van der Waals surface area contributed by atoms with Crippen LogP contribution in [-0.2, 0) is 6.42 Å². The Balaban J connectivity index is 0.00000261. The van der Waals surface area contributed by atoms with E-state index in [2.05, 4.69) is 11.9 Å². The first kappa shape index (κ1) is 21.6. The van der Waals surface area contributed by atoms with Gasteiger partial charge in [-0.3, -0.25) is 4.79 Å². The van der Waals surface area contributed by atoms with Crippen molar-refractivity contribution in [1.29, 1.82) is 0 Å². The van der Waals surface area contributed by atoms with Gasteiger partial charge in [-0.2, -0.15) is 0 Å². The van der Waals surface area contributed by atoms with Crippen LogP contribution in [0.15, 0.2) is 24.8 Å². The lowest BCUT2D eigenvalue weighted by Crippen LogP contribution is -2.53. The first-order chi connectivity index (χ1) is 12.6. The molecular formula is C21H31ClN2O3. The van der Waals surface area contributed by atoms with Crippen molar-refractivity contribution in [3.63, 3.8) is 0 Å². The Morgan fingerprint density at radius 2 is 1.93 bits per heavy atom. The summed E-state index contributed by atoms with van der Waals surface area (Å²) in [5, 5.41) is 3.30. The summed E-state index contributed by atoms with van der Waals surface area (Å²) < 4.78 is 10.9. The van der Waals surface area contributed by atoms with Gasteiger partial charge in [-0.1, -0.05) is 12.5 Å². The monoisotopic (exact) mass is 394 g/mol. The first-order valence-corrected chi connectivity index (χ1v) is 9.49. The van der Waals surface area contributed by atoms with E-state index in [9.17, 15) is 4.79 Å². The molecular weight excluding hydrogens is 364 g/mol. The highest BCUT2D eigenvalue weighted by Crippen LogP contribution is 2.40. The number of rotatable bonds is 6. The summed E-state index contributed by atoms with van der Waals surface area (Å²) in [6.07, 6.45) is 7.99. The average molecular weight is 395 g/mol. The molecule has 0 aliphatic heterocycles. The van der Waals surface area contributed by atoms with Gasteiger partial charge in [0, 0.05) is 23.2 Å². The lowest BCUT2D eigenvalue weighted by Gasteiger charge is -2.45. The molecule has 0 heterocycles. The molecule has 0 saturated heterocycles. The molecule has 2 saturated carbocycles. The Morgan fingerprint density at radius 3 is 2.48 bits per heavy atom. The van der Waals surface area contributed by atoms with Crippen LogP contribution < -0.4 is 20.5 Å². The number of carbonyl (C=O) groups excluding carboxylic acids is 1. The minimum absolute atomic E-state index is 0. The Hall–Kier alpha value is -1.72. The number of fused-ring (bicyclic) bond motifs is 2. The van der Waals surface area contributed by atoms with E-state index in [1.54, 1.807) is 26.4 Å². The first-order valence-electron chi connectivity index (χ1n) is 9.49. The summed E-state index contributed by atoms with van der Waals surface area (Å²) in [7, 11) is 3.20. The Morgan fingerprint density at radius 1 is 1.26 bits per heavy atom. The van der Waals surface area contributed by atoms with Gasteiger partial charge in [0.05, 0.1) is 14.2 Å². The average Bonchev–Trinajstić information content (AvgIpc) is 2.62. The highest BCUT2D eigenvalue weighted by Gasteiger charge is 2.40. The van der Waals surface area contributed by atoms with E-state index in [1.807, 2.05) is 6.07 Å².